The normalized spacial score (nSPS) is 13.1. The number of ether oxygens (including phenoxy) is 2. The van der Waals surface area contributed by atoms with Crippen LogP contribution in [0.3, 0.4) is 0 Å². The Morgan fingerprint density at radius 1 is 1.21 bits per heavy atom. The van der Waals surface area contributed by atoms with E-state index >= 15 is 0 Å². The van der Waals surface area contributed by atoms with Crippen LogP contribution in [0.2, 0.25) is 0 Å². The van der Waals surface area contributed by atoms with E-state index in [1.54, 1.807) is 32.7 Å². The maximum absolute atomic E-state index is 12.7. The number of hydrogen-bond acceptors (Lipinski definition) is 8. The molecule has 2 aromatic heterocycles. The van der Waals surface area contributed by atoms with Crippen LogP contribution >= 0.6 is 11.8 Å². The minimum Gasteiger partial charge on any atom is -0.493 e. The zero-order chi connectivity index (χ0) is 20.2. The highest BCUT2D eigenvalue weighted by Gasteiger charge is 2.23. The summed E-state index contributed by atoms with van der Waals surface area (Å²) in [4.78, 5) is 18.6. The molecule has 3 heterocycles. The first kappa shape index (κ1) is 19.3. The second-order valence-electron chi connectivity index (χ2n) is 6.44. The standard InChI is InChI=1S/C20H20N4O4S/c1-26-16-8-13-5-7-24(11-15(13)9-17(16)27-2)18(25)12-29-20-23-22-19(28-20)14-4-3-6-21-10-14/h3-4,6,8-10H,5,7,11-12H2,1-2H3. The van der Waals surface area contributed by atoms with Crippen LogP contribution in [0, 0.1) is 0 Å². The summed E-state index contributed by atoms with van der Waals surface area (Å²) in [7, 11) is 3.23. The number of methoxy groups -OCH3 is 2. The Morgan fingerprint density at radius 2 is 2.00 bits per heavy atom. The summed E-state index contributed by atoms with van der Waals surface area (Å²) in [5.41, 5.74) is 3.00. The Kier molecular flexibility index (Phi) is 5.66. The number of fused-ring (bicyclic) bond motifs is 1. The quantitative estimate of drug-likeness (QED) is 0.571. The first-order valence-corrected chi connectivity index (χ1v) is 10.0. The third-order valence-corrected chi connectivity index (χ3v) is 5.51. The molecule has 1 aliphatic heterocycles. The van der Waals surface area contributed by atoms with Gasteiger partial charge in [-0.15, -0.1) is 10.2 Å². The van der Waals surface area contributed by atoms with Crippen LogP contribution in [0.15, 0.2) is 46.3 Å². The molecule has 8 nitrogen and oxygen atoms in total. The molecule has 0 spiro atoms. The van der Waals surface area contributed by atoms with E-state index < -0.39 is 0 Å². The molecule has 3 aromatic rings. The lowest BCUT2D eigenvalue weighted by Crippen LogP contribution is -2.37. The highest BCUT2D eigenvalue weighted by atomic mass is 32.2. The topological polar surface area (TPSA) is 90.6 Å². The van der Waals surface area contributed by atoms with Crippen LogP contribution in [-0.4, -0.2) is 52.5 Å². The van der Waals surface area contributed by atoms with Crippen molar-refractivity contribution in [1.82, 2.24) is 20.1 Å². The van der Waals surface area contributed by atoms with Gasteiger partial charge in [-0.25, -0.2) is 0 Å². The van der Waals surface area contributed by atoms with E-state index in [0.717, 1.165) is 17.5 Å². The van der Waals surface area contributed by atoms with E-state index in [9.17, 15) is 4.79 Å². The SMILES string of the molecule is COc1cc2c(cc1OC)CN(C(=O)CSc1nnc(-c3cccnc3)o1)CC2. The summed E-state index contributed by atoms with van der Waals surface area (Å²) in [5.74, 6) is 2.03. The van der Waals surface area contributed by atoms with E-state index in [4.69, 9.17) is 13.9 Å². The van der Waals surface area contributed by atoms with Crippen molar-refractivity contribution in [2.45, 2.75) is 18.2 Å². The predicted octanol–water partition coefficient (Wildman–Crippen LogP) is 2.83. The van der Waals surface area contributed by atoms with Gasteiger partial charge in [0.15, 0.2) is 11.5 Å². The summed E-state index contributed by atoms with van der Waals surface area (Å²) in [5, 5.41) is 8.38. The van der Waals surface area contributed by atoms with Crippen LogP contribution in [0.5, 0.6) is 11.5 Å². The molecular weight excluding hydrogens is 392 g/mol. The van der Waals surface area contributed by atoms with E-state index in [-0.39, 0.29) is 11.7 Å². The molecule has 0 saturated heterocycles. The summed E-state index contributed by atoms with van der Waals surface area (Å²) in [6, 6.07) is 7.57. The lowest BCUT2D eigenvalue weighted by atomic mass is 9.99. The fourth-order valence-corrected chi connectivity index (χ4v) is 3.85. The minimum absolute atomic E-state index is 0.0246. The van der Waals surface area contributed by atoms with Crippen molar-refractivity contribution < 1.29 is 18.7 Å². The zero-order valence-electron chi connectivity index (χ0n) is 16.1. The van der Waals surface area contributed by atoms with Gasteiger partial charge in [0, 0.05) is 25.5 Å². The van der Waals surface area contributed by atoms with Gasteiger partial charge in [-0.1, -0.05) is 11.8 Å². The van der Waals surface area contributed by atoms with Gasteiger partial charge >= 0.3 is 0 Å². The maximum Gasteiger partial charge on any atom is 0.277 e. The lowest BCUT2D eigenvalue weighted by Gasteiger charge is -2.29. The van der Waals surface area contributed by atoms with Crippen molar-refractivity contribution in [2.24, 2.45) is 0 Å². The van der Waals surface area contributed by atoms with Crippen molar-refractivity contribution in [1.29, 1.82) is 0 Å². The summed E-state index contributed by atoms with van der Waals surface area (Å²) in [6.45, 7) is 1.20. The average molecular weight is 412 g/mol. The maximum atomic E-state index is 12.7. The number of amides is 1. The highest BCUT2D eigenvalue weighted by Crippen LogP contribution is 2.33. The van der Waals surface area contributed by atoms with Gasteiger partial charge in [0.1, 0.15) is 0 Å². The van der Waals surface area contributed by atoms with Gasteiger partial charge in [-0.3, -0.25) is 9.78 Å². The molecule has 1 amide bonds. The van der Waals surface area contributed by atoms with Crippen LogP contribution in [0.4, 0.5) is 0 Å². The minimum atomic E-state index is 0.0246. The molecule has 1 aromatic carbocycles. The van der Waals surface area contributed by atoms with Crippen LogP contribution in [0.1, 0.15) is 11.1 Å². The molecule has 150 valence electrons. The van der Waals surface area contributed by atoms with Gasteiger partial charge in [-0.05, 0) is 41.8 Å². The Hall–Kier alpha value is -3.07. The number of rotatable bonds is 6. The Balaban J connectivity index is 1.38. The number of hydrogen-bond donors (Lipinski definition) is 0. The summed E-state index contributed by atoms with van der Waals surface area (Å²) in [6.07, 6.45) is 4.11. The van der Waals surface area contributed by atoms with Crippen LogP contribution in [-0.2, 0) is 17.8 Å². The number of nitrogens with zero attached hydrogens (tertiary/aromatic N) is 4. The fourth-order valence-electron chi connectivity index (χ4n) is 3.18. The molecule has 0 fully saturated rings. The van der Waals surface area contributed by atoms with Crippen LogP contribution < -0.4 is 9.47 Å². The fraction of sp³-hybridized carbons (Fsp3) is 0.300. The number of benzene rings is 1. The molecule has 0 aliphatic carbocycles. The second-order valence-corrected chi connectivity index (χ2v) is 7.37. The first-order chi connectivity index (χ1) is 14.2. The third-order valence-electron chi connectivity index (χ3n) is 4.70. The first-order valence-electron chi connectivity index (χ1n) is 9.06. The van der Waals surface area contributed by atoms with Crippen LogP contribution in [0.25, 0.3) is 11.5 Å². The van der Waals surface area contributed by atoms with Crippen molar-refractivity contribution >= 4 is 17.7 Å². The van der Waals surface area contributed by atoms with E-state index in [2.05, 4.69) is 15.2 Å². The molecular formula is C20H20N4O4S. The van der Waals surface area contributed by atoms with Crippen molar-refractivity contribution in [3.05, 3.63) is 47.8 Å². The highest BCUT2D eigenvalue weighted by molar-refractivity contribution is 7.99. The molecule has 0 saturated carbocycles. The monoisotopic (exact) mass is 412 g/mol. The van der Waals surface area contributed by atoms with Crippen molar-refractivity contribution in [2.75, 3.05) is 26.5 Å². The average Bonchev–Trinajstić information content (AvgIpc) is 3.25. The number of thioether (sulfide) groups is 1. The Bertz CT molecular complexity index is 1010. The molecule has 0 radical (unpaired) electrons. The van der Waals surface area contributed by atoms with Gasteiger partial charge in [-0.2, -0.15) is 0 Å². The molecule has 29 heavy (non-hydrogen) atoms. The van der Waals surface area contributed by atoms with E-state index in [1.807, 2.05) is 23.1 Å². The number of aromatic nitrogens is 3. The predicted molar refractivity (Wildman–Crippen MR) is 107 cm³/mol. The van der Waals surface area contributed by atoms with Gasteiger partial charge in [0.25, 0.3) is 5.22 Å². The smallest absolute Gasteiger partial charge is 0.277 e. The number of pyridine rings is 1. The van der Waals surface area contributed by atoms with E-state index in [0.29, 0.717) is 35.7 Å². The third kappa shape index (κ3) is 4.19. The van der Waals surface area contributed by atoms with Crippen molar-refractivity contribution in [3.8, 4) is 23.0 Å². The van der Waals surface area contributed by atoms with Crippen molar-refractivity contribution in [3.63, 3.8) is 0 Å². The van der Waals surface area contributed by atoms with Gasteiger partial charge in [0.2, 0.25) is 11.8 Å². The molecule has 0 atom stereocenters. The molecule has 9 heteroatoms. The Morgan fingerprint density at radius 3 is 2.72 bits per heavy atom. The summed E-state index contributed by atoms with van der Waals surface area (Å²) < 4.78 is 16.4. The molecule has 0 unspecified atom stereocenters. The summed E-state index contributed by atoms with van der Waals surface area (Å²) >= 11 is 1.24. The molecule has 0 bridgehead atoms. The number of carbonyl (C=O) groups excluding carboxylic acids is 1. The second kappa shape index (κ2) is 8.52. The molecule has 4 rings (SSSR count). The largest absolute Gasteiger partial charge is 0.493 e. The molecule has 0 N–H and O–H groups in total. The van der Waals surface area contributed by atoms with E-state index in [1.165, 1.54) is 17.3 Å². The number of carbonyl (C=O) groups is 1. The zero-order valence-corrected chi connectivity index (χ0v) is 16.9. The Labute approximate surface area is 172 Å². The van der Waals surface area contributed by atoms with Gasteiger partial charge < -0.3 is 18.8 Å². The van der Waals surface area contributed by atoms with Gasteiger partial charge in [0.05, 0.1) is 25.5 Å². The lowest BCUT2D eigenvalue weighted by molar-refractivity contribution is -0.129. The molecule has 1 aliphatic rings.